The number of hydrogen-bond donors (Lipinski definition) is 1. The number of nitrogens with one attached hydrogen (secondary N) is 1. The molecule has 2 aromatic carbocycles. The van der Waals surface area contributed by atoms with Crippen LogP contribution in [0.25, 0.3) is 0 Å². The van der Waals surface area contributed by atoms with Gasteiger partial charge in [-0.25, -0.2) is 0 Å². The molecule has 0 aromatic heterocycles. The molecule has 1 aliphatic carbocycles. The van der Waals surface area contributed by atoms with Gasteiger partial charge in [-0.1, -0.05) is 74.4 Å². The maximum Gasteiger partial charge on any atom is 0.233 e. The fourth-order valence-electron chi connectivity index (χ4n) is 6.92. The number of likely N-dealkylation sites (tertiary alicyclic amines) is 1. The summed E-state index contributed by atoms with van der Waals surface area (Å²) in [6.45, 7) is 4.42. The Hall–Kier alpha value is -2.62. The van der Waals surface area contributed by atoms with E-state index in [-0.39, 0.29) is 16.7 Å². The molecule has 1 unspecified atom stereocenters. The smallest absolute Gasteiger partial charge is 0.233 e. The van der Waals surface area contributed by atoms with Crippen molar-refractivity contribution >= 4 is 11.8 Å². The maximum atomic E-state index is 14.0. The van der Waals surface area contributed by atoms with Gasteiger partial charge in [-0.15, -0.1) is 0 Å². The lowest BCUT2D eigenvalue weighted by atomic mass is 9.61. The predicted molar refractivity (Wildman–Crippen MR) is 131 cm³/mol. The summed E-state index contributed by atoms with van der Waals surface area (Å²) in [5.41, 5.74) is 3.53. The fourth-order valence-corrected chi connectivity index (χ4v) is 6.92. The summed E-state index contributed by atoms with van der Waals surface area (Å²) >= 11 is 0. The third kappa shape index (κ3) is 3.88. The summed E-state index contributed by atoms with van der Waals surface area (Å²) in [5, 5.41) is 3.14. The molecular weight excluding hydrogens is 408 g/mol. The molecule has 1 N–H and O–H groups in total. The lowest BCUT2D eigenvalue weighted by Crippen LogP contribution is -2.55. The highest BCUT2D eigenvalue weighted by molar-refractivity contribution is 5.89. The molecule has 2 amide bonds. The van der Waals surface area contributed by atoms with Crippen LogP contribution in [0.3, 0.4) is 0 Å². The Morgan fingerprint density at radius 1 is 0.970 bits per heavy atom. The van der Waals surface area contributed by atoms with Crippen molar-refractivity contribution < 1.29 is 9.59 Å². The molecule has 2 heterocycles. The van der Waals surface area contributed by atoms with Crippen molar-refractivity contribution in [3.05, 3.63) is 71.3 Å². The van der Waals surface area contributed by atoms with Gasteiger partial charge in [0, 0.05) is 32.0 Å². The minimum atomic E-state index is -0.357. The van der Waals surface area contributed by atoms with Crippen LogP contribution in [0.15, 0.2) is 54.6 Å². The average Bonchev–Trinajstić information content (AvgIpc) is 3.36. The highest BCUT2D eigenvalue weighted by Gasteiger charge is 2.50. The van der Waals surface area contributed by atoms with Gasteiger partial charge in [0.2, 0.25) is 11.8 Å². The van der Waals surface area contributed by atoms with E-state index in [1.165, 1.54) is 16.7 Å². The van der Waals surface area contributed by atoms with Crippen LogP contribution in [0.4, 0.5) is 0 Å². The van der Waals surface area contributed by atoms with Crippen molar-refractivity contribution in [2.24, 2.45) is 5.41 Å². The van der Waals surface area contributed by atoms with Crippen LogP contribution in [0, 0.1) is 5.41 Å². The number of nitrogens with zero attached hydrogens (tertiary/aromatic N) is 1. The first-order chi connectivity index (χ1) is 16.1. The first-order valence-electron chi connectivity index (χ1n) is 12.8. The van der Waals surface area contributed by atoms with Crippen molar-refractivity contribution in [3.8, 4) is 0 Å². The maximum absolute atomic E-state index is 14.0. The largest absolute Gasteiger partial charge is 0.355 e. The Morgan fingerprint density at radius 2 is 1.64 bits per heavy atom. The van der Waals surface area contributed by atoms with Gasteiger partial charge in [-0.05, 0) is 54.2 Å². The van der Waals surface area contributed by atoms with Gasteiger partial charge in [-0.2, -0.15) is 0 Å². The zero-order valence-corrected chi connectivity index (χ0v) is 19.8. The van der Waals surface area contributed by atoms with E-state index in [0.717, 1.165) is 58.0 Å². The minimum Gasteiger partial charge on any atom is -0.355 e. The van der Waals surface area contributed by atoms with Crippen LogP contribution in [0.5, 0.6) is 0 Å². The summed E-state index contributed by atoms with van der Waals surface area (Å²) in [5.74, 6) is 0.793. The molecule has 2 aromatic rings. The zero-order chi connectivity index (χ0) is 22.9. The van der Waals surface area contributed by atoms with Crippen LogP contribution in [-0.4, -0.2) is 36.3 Å². The monoisotopic (exact) mass is 444 g/mol. The minimum absolute atomic E-state index is 0.0556. The number of carbonyl (C=O) groups excluding carboxylic acids is 2. The lowest BCUT2D eigenvalue weighted by molar-refractivity contribution is -0.141. The van der Waals surface area contributed by atoms with E-state index in [9.17, 15) is 9.59 Å². The van der Waals surface area contributed by atoms with Crippen molar-refractivity contribution in [2.45, 2.75) is 69.6 Å². The molecule has 2 saturated heterocycles. The third-order valence-corrected chi connectivity index (χ3v) is 8.81. The SMILES string of the molecule is CCc1ccccc1C1CNC(=O)CC12CCN(C(=O)C1(c3ccccc3)CCCC1)CC2. The summed E-state index contributed by atoms with van der Waals surface area (Å²) in [6, 6.07) is 19.1. The fraction of sp³-hybridized carbons (Fsp3) is 0.517. The standard InChI is InChI=1S/C29H36N2O2/c1-2-22-10-6-7-13-24(22)25-21-30-26(32)20-28(25)16-18-31(19-17-28)27(33)29(14-8-9-15-29)23-11-4-3-5-12-23/h3-7,10-13,25H,2,8-9,14-21H2,1H3,(H,30,32). The number of amides is 2. The second kappa shape index (κ2) is 8.96. The first-order valence-corrected chi connectivity index (χ1v) is 12.8. The van der Waals surface area contributed by atoms with Crippen LogP contribution in [0.2, 0.25) is 0 Å². The third-order valence-electron chi connectivity index (χ3n) is 8.81. The van der Waals surface area contributed by atoms with E-state index in [0.29, 0.717) is 24.8 Å². The van der Waals surface area contributed by atoms with Gasteiger partial charge < -0.3 is 10.2 Å². The van der Waals surface area contributed by atoms with E-state index in [2.05, 4.69) is 65.7 Å². The van der Waals surface area contributed by atoms with Crippen molar-refractivity contribution in [1.29, 1.82) is 0 Å². The topological polar surface area (TPSA) is 49.4 Å². The Labute approximate surface area is 197 Å². The van der Waals surface area contributed by atoms with Gasteiger partial charge in [0.1, 0.15) is 0 Å². The molecule has 4 heteroatoms. The zero-order valence-electron chi connectivity index (χ0n) is 19.8. The number of piperidine rings is 2. The molecular formula is C29H36N2O2. The first kappa shape index (κ1) is 22.2. The Morgan fingerprint density at radius 3 is 2.33 bits per heavy atom. The van der Waals surface area contributed by atoms with E-state index in [4.69, 9.17) is 0 Å². The van der Waals surface area contributed by atoms with Crippen LogP contribution < -0.4 is 5.32 Å². The highest BCUT2D eigenvalue weighted by Crippen LogP contribution is 2.51. The second-order valence-corrected chi connectivity index (χ2v) is 10.4. The molecule has 4 nitrogen and oxygen atoms in total. The van der Waals surface area contributed by atoms with Gasteiger partial charge in [0.15, 0.2) is 0 Å². The van der Waals surface area contributed by atoms with E-state index in [1.807, 2.05) is 6.07 Å². The van der Waals surface area contributed by atoms with E-state index >= 15 is 0 Å². The van der Waals surface area contributed by atoms with Gasteiger partial charge >= 0.3 is 0 Å². The number of hydrogen-bond acceptors (Lipinski definition) is 2. The molecule has 3 aliphatic rings. The van der Waals surface area contributed by atoms with Crippen molar-refractivity contribution in [2.75, 3.05) is 19.6 Å². The van der Waals surface area contributed by atoms with Gasteiger partial charge in [-0.3, -0.25) is 9.59 Å². The Balaban J connectivity index is 1.39. The van der Waals surface area contributed by atoms with Crippen LogP contribution in [-0.2, 0) is 21.4 Å². The highest BCUT2D eigenvalue weighted by atomic mass is 16.2. The molecule has 0 radical (unpaired) electrons. The van der Waals surface area contributed by atoms with E-state index < -0.39 is 0 Å². The van der Waals surface area contributed by atoms with E-state index in [1.54, 1.807) is 0 Å². The quantitative estimate of drug-likeness (QED) is 0.724. The molecule has 174 valence electrons. The summed E-state index contributed by atoms with van der Waals surface area (Å²) in [4.78, 5) is 28.6. The number of carbonyl (C=O) groups is 2. The molecule has 1 saturated carbocycles. The lowest BCUT2D eigenvalue weighted by Gasteiger charge is -2.50. The van der Waals surface area contributed by atoms with Gasteiger partial charge in [0.05, 0.1) is 5.41 Å². The summed E-state index contributed by atoms with van der Waals surface area (Å²) in [6.07, 6.45) is 7.52. The molecule has 1 atom stereocenters. The molecule has 1 spiro atoms. The second-order valence-electron chi connectivity index (χ2n) is 10.4. The predicted octanol–water partition coefficient (Wildman–Crippen LogP) is 4.97. The summed E-state index contributed by atoms with van der Waals surface area (Å²) < 4.78 is 0. The molecule has 2 aliphatic heterocycles. The number of rotatable bonds is 4. The average molecular weight is 445 g/mol. The summed E-state index contributed by atoms with van der Waals surface area (Å²) in [7, 11) is 0. The van der Waals surface area contributed by atoms with Crippen LogP contribution >= 0.6 is 0 Å². The molecule has 3 fully saturated rings. The Bertz CT molecular complexity index is 1000. The molecule has 5 rings (SSSR count). The Kier molecular flexibility index (Phi) is 6.03. The van der Waals surface area contributed by atoms with Crippen LogP contribution in [0.1, 0.15) is 74.5 Å². The van der Waals surface area contributed by atoms with Gasteiger partial charge in [0.25, 0.3) is 0 Å². The normalized spacial score (nSPS) is 24.0. The number of aryl methyl sites for hydroxylation is 1. The van der Waals surface area contributed by atoms with Crippen molar-refractivity contribution in [1.82, 2.24) is 10.2 Å². The molecule has 33 heavy (non-hydrogen) atoms. The molecule has 0 bridgehead atoms. The number of benzene rings is 2. The van der Waals surface area contributed by atoms with Crippen molar-refractivity contribution in [3.63, 3.8) is 0 Å².